The maximum atomic E-state index is 12.7. The smallest absolute Gasteiger partial charge is 0.255 e. The van der Waals surface area contributed by atoms with Crippen molar-refractivity contribution in [1.82, 2.24) is 19.7 Å². The fraction of sp³-hybridized carbons (Fsp3) is 0.167. The standard InChI is InChI=1S/C24H21N5O5/c1-3-16-14(2)25-24(27-23(16)31)29-21(12-17(28-29)18-5-4-10-32-18)26-22(30)9-7-15-6-8-19-20(11-15)34-13-33-19/h4-12H,3,13H2,1-2H3,(H,26,30)(H,25,27,31)/b9-7-. The van der Waals surface area contributed by atoms with Gasteiger partial charge in [0.1, 0.15) is 11.5 Å². The van der Waals surface area contributed by atoms with E-state index < -0.39 is 5.91 Å². The number of hydrogen-bond donors (Lipinski definition) is 2. The maximum Gasteiger partial charge on any atom is 0.255 e. The van der Waals surface area contributed by atoms with Gasteiger partial charge in [-0.25, -0.2) is 4.98 Å². The Morgan fingerprint density at radius 3 is 2.85 bits per heavy atom. The molecule has 10 heteroatoms. The summed E-state index contributed by atoms with van der Waals surface area (Å²) in [5, 5.41) is 7.29. The van der Waals surface area contributed by atoms with Gasteiger partial charge < -0.3 is 19.2 Å². The van der Waals surface area contributed by atoms with Crippen LogP contribution < -0.4 is 20.3 Å². The predicted octanol–water partition coefficient (Wildman–Crippen LogP) is 3.47. The van der Waals surface area contributed by atoms with E-state index in [1.54, 1.807) is 43.3 Å². The van der Waals surface area contributed by atoms with E-state index in [0.29, 0.717) is 46.4 Å². The molecule has 4 heterocycles. The highest BCUT2D eigenvalue weighted by molar-refractivity contribution is 6.01. The molecule has 0 unspecified atom stereocenters. The Morgan fingerprint density at radius 2 is 2.09 bits per heavy atom. The Kier molecular flexibility index (Phi) is 5.46. The van der Waals surface area contributed by atoms with Gasteiger partial charge in [0.2, 0.25) is 18.6 Å². The van der Waals surface area contributed by atoms with Crippen LogP contribution in [0.1, 0.15) is 23.7 Å². The molecule has 0 spiro atoms. The molecule has 5 rings (SSSR count). The molecule has 0 aliphatic carbocycles. The van der Waals surface area contributed by atoms with Crippen LogP contribution in [0, 0.1) is 6.92 Å². The molecular weight excluding hydrogens is 438 g/mol. The van der Waals surface area contributed by atoms with E-state index in [-0.39, 0.29) is 18.3 Å². The second-order valence-corrected chi connectivity index (χ2v) is 7.55. The molecule has 0 radical (unpaired) electrons. The minimum absolute atomic E-state index is 0.180. The molecule has 1 aliphatic heterocycles. The number of furan rings is 1. The second-order valence-electron chi connectivity index (χ2n) is 7.55. The number of nitrogens with zero attached hydrogens (tertiary/aromatic N) is 3. The Morgan fingerprint density at radius 1 is 1.24 bits per heavy atom. The summed E-state index contributed by atoms with van der Waals surface area (Å²) in [6, 6.07) is 10.5. The Bertz CT molecular complexity index is 1450. The SMILES string of the molecule is CCc1c(C)nc(-n2nc(-c3ccco3)cc2NC(=O)/C=C\c2ccc3c(c2)OCO3)[nH]c1=O. The highest BCUT2D eigenvalue weighted by Gasteiger charge is 2.18. The van der Waals surface area contributed by atoms with Crippen molar-refractivity contribution < 1.29 is 18.7 Å². The third-order valence-electron chi connectivity index (χ3n) is 5.32. The molecule has 3 aromatic heterocycles. The third-order valence-corrected chi connectivity index (χ3v) is 5.32. The molecule has 1 aliphatic rings. The number of rotatable bonds is 6. The summed E-state index contributed by atoms with van der Waals surface area (Å²) in [5.74, 6) is 1.92. The molecule has 34 heavy (non-hydrogen) atoms. The lowest BCUT2D eigenvalue weighted by Crippen LogP contribution is -2.21. The van der Waals surface area contributed by atoms with Gasteiger partial charge in [0.25, 0.3) is 5.56 Å². The van der Waals surface area contributed by atoms with Crippen molar-refractivity contribution in [2.75, 3.05) is 12.1 Å². The van der Waals surface area contributed by atoms with Gasteiger partial charge in [0.05, 0.1) is 6.26 Å². The molecule has 0 atom stereocenters. The first-order valence-corrected chi connectivity index (χ1v) is 10.6. The lowest BCUT2D eigenvalue weighted by atomic mass is 10.2. The van der Waals surface area contributed by atoms with Crippen molar-refractivity contribution in [3.8, 4) is 28.9 Å². The summed E-state index contributed by atoms with van der Waals surface area (Å²) in [5.41, 5.74) is 2.19. The summed E-state index contributed by atoms with van der Waals surface area (Å²) >= 11 is 0. The van der Waals surface area contributed by atoms with E-state index in [1.807, 2.05) is 13.0 Å². The van der Waals surface area contributed by atoms with Crippen LogP contribution in [0.25, 0.3) is 23.5 Å². The normalized spacial score (nSPS) is 12.4. The van der Waals surface area contributed by atoms with E-state index in [2.05, 4.69) is 20.4 Å². The number of benzene rings is 1. The van der Waals surface area contributed by atoms with Crippen LogP contribution in [0.4, 0.5) is 5.82 Å². The lowest BCUT2D eigenvalue weighted by molar-refractivity contribution is -0.111. The van der Waals surface area contributed by atoms with Crippen LogP contribution in [0.3, 0.4) is 0 Å². The van der Waals surface area contributed by atoms with Crippen LogP contribution in [0.5, 0.6) is 11.5 Å². The number of fused-ring (bicyclic) bond motifs is 1. The highest BCUT2D eigenvalue weighted by Crippen LogP contribution is 2.32. The van der Waals surface area contributed by atoms with Gasteiger partial charge in [-0.1, -0.05) is 13.0 Å². The van der Waals surface area contributed by atoms with Gasteiger partial charge in [0, 0.05) is 23.4 Å². The first-order valence-electron chi connectivity index (χ1n) is 10.6. The Hall–Kier alpha value is -4.60. The number of ether oxygens (including phenoxy) is 2. The first-order chi connectivity index (χ1) is 16.5. The third kappa shape index (κ3) is 4.08. The number of aryl methyl sites for hydroxylation is 1. The van der Waals surface area contributed by atoms with Gasteiger partial charge >= 0.3 is 0 Å². The number of nitrogens with one attached hydrogen (secondary N) is 2. The highest BCUT2D eigenvalue weighted by atomic mass is 16.7. The lowest BCUT2D eigenvalue weighted by Gasteiger charge is -2.09. The largest absolute Gasteiger partial charge is 0.463 e. The second kappa shape index (κ2) is 8.74. The average Bonchev–Trinajstić information content (AvgIpc) is 3.57. The first kappa shape index (κ1) is 21.3. The van der Waals surface area contributed by atoms with Crippen molar-refractivity contribution in [3.05, 3.63) is 75.9 Å². The van der Waals surface area contributed by atoms with E-state index in [4.69, 9.17) is 13.9 Å². The summed E-state index contributed by atoms with van der Waals surface area (Å²) in [7, 11) is 0. The zero-order chi connectivity index (χ0) is 23.7. The van der Waals surface area contributed by atoms with E-state index in [1.165, 1.54) is 17.0 Å². The zero-order valence-electron chi connectivity index (χ0n) is 18.5. The number of aromatic nitrogens is 4. The van der Waals surface area contributed by atoms with Crippen molar-refractivity contribution in [2.45, 2.75) is 20.3 Å². The van der Waals surface area contributed by atoms with Crippen LogP contribution >= 0.6 is 0 Å². The number of H-pyrrole nitrogens is 1. The minimum atomic E-state index is -0.394. The molecular formula is C24H21N5O5. The van der Waals surface area contributed by atoms with Crippen molar-refractivity contribution in [1.29, 1.82) is 0 Å². The molecule has 1 amide bonds. The number of carbonyl (C=O) groups is 1. The Balaban J connectivity index is 1.46. The Labute approximate surface area is 193 Å². The predicted molar refractivity (Wildman–Crippen MR) is 124 cm³/mol. The van der Waals surface area contributed by atoms with Crippen LogP contribution in [0.15, 0.2) is 57.9 Å². The molecule has 2 N–H and O–H groups in total. The summed E-state index contributed by atoms with van der Waals surface area (Å²) in [6.07, 6.45) is 5.13. The number of anilines is 1. The molecule has 10 nitrogen and oxygen atoms in total. The van der Waals surface area contributed by atoms with Crippen molar-refractivity contribution >= 4 is 17.8 Å². The molecule has 0 fully saturated rings. The quantitative estimate of drug-likeness (QED) is 0.423. The maximum absolute atomic E-state index is 12.7. The van der Waals surface area contributed by atoms with Crippen LogP contribution in [0.2, 0.25) is 0 Å². The average molecular weight is 459 g/mol. The van der Waals surface area contributed by atoms with Crippen molar-refractivity contribution in [2.24, 2.45) is 0 Å². The molecule has 0 bridgehead atoms. The molecule has 0 saturated carbocycles. The van der Waals surface area contributed by atoms with E-state index >= 15 is 0 Å². The number of aromatic amines is 1. The van der Waals surface area contributed by atoms with Gasteiger partial charge in [-0.15, -0.1) is 0 Å². The summed E-state index contributed by atoms with van der Waals surface area (Å²) in [4.78, 5) is 32.5. The van der Waals surface area contributed by atoms with Crippen LogP contribution in [-0.2, 0) is 11.2 Å². The number of amides is 1. The van der Waals surface area contributed by atoms with E-state index in [9.17, 15) is 9.59 Å². The van der Waals surface area contributed by atoms with E-state index in [0.717, 1.165) is 5.56 Å². The topological polar surface area (TPSA) is 124 Å². The molecule has 172 valence electrons. The zero-order valence-corrected chi connectivity index (χ0v) is 18.5. The summed E-state index contributed by atoms with van der Waals surface area (Å²) in [6.45, 7) is 3.83. The van der Waals surface area contributed by atoms with Gasteiger partial charge in [-0.3, -0.25) is 14.6 Å². The minimum Gasteiger partial charge on any atom is -0.463 e. The molecule has 0 saturated heterocycles. The summed E-state index contributed by atoms with van der Waals surface area (Å²) < 4.78 is 17.5. The van der Waals surface area contributed by atoms with Gasteiger partial charge in [-0.2, -0.15) is 9.78 Å². The number of hydrogen-bond acceptors (Lipinski definition) is 7. The number of carbonyl (C=O) groups excluding carboxylic acids is 1. The van der Waals surface area contributed by atoms with Crippen LogP contribution in [-0.4, -0.2) is 32.4 Å². The van der Waals surface area contributed by atoms with Gasteiger partial charge in [-0.05, 0) is 49.2 Å². The van der Waals surface area contributed by atoms with Gasteiger partial charge in [0.15, 0.2) is 17.3 Å². The molecule has 1 aromatic carbocycles. The monoisotopic (exact) mass is 459 g/mol. The van der Waals surface area contributed by atoms with Crippen molar-refractivity contribution in [3.63, 3.8) is 0 Å². The fourth-order valence-electron chi connectivity index (χ4n) is 3.65. The molecule has 4 aromatic rings. The fourth-order valence-corrected chi connectivity index (χ4v) is 3.65.